The summed E-state index contributed by atoms with van der Waals surface area (Å²) < 4.78 is 31.0. The molecule has 6 aromatic rings. The summed E-state index contributed by atoms with van der Waals surface area (Å²) in [7, 11) is 0. The van der Waals surface area contributed by atoms with Crippen LogP contribution in [0.25, 0.3) is 11.0 Å². The second kappa shape index (κ2) is 14.8. The Morgan fingerprint density at radius 1 is 0.556 bits per heavy atom. The zero-order chi connectivity index (χ0) is 36.8. The van der Waals surface area contributed by atoms with Crippen LogP contribution in [0.5, 0.6) is 0 Å². The molecule has 2 saturated carbocycles. The number of aliphatic hydroxyl groups is 2. The molecule has 4 aliphatic rings. The molecule has 2 aliphatic carbocycles. The first-order valence-electron chi connectivity index (χ1n) is 19.7. The van der Waals surface area contributed by atoms with Crippen molar-refractivity contribution in [1.82, 2.24) is 18.8 Å². The zero-order valence-electron chi connectivity index (χ0n) is 30.5. The molecule has 0 amide bonds. The average molecular weight is 731 g/mol. The molecule has 2 atom stereocenters. The molecule has 4 aromatic heterocycles. The van der Waals surface area contributed by atoms with Gasteiger partial charge in [0.2, 0.25) is 0 Å². The molecule has 280 valence electrons. The topological polar surface area (TPSA) is 81.5 Å². The number of aliphatic hydroxyl groups excluding tert-OH is 2. The van der Waals surface area contributed by atoms with E-state index in [1.54, 1.807) is 36.9 Å². The smallest absolute Gasteiger partial charge is 0.125 e. The molecular formula is C44H48F2N6O2. The van der Waals surface area contributed by atoms with Gasteiger partial charge in [0, 0.05) is 61.1 Å². The lowest BCUT2D eigenvalue weighted by Gasteiger charge is -2.36. The highest BCUT2D eigenvalue weighted by atomic mass is 19.1. The van der Waals surface area contributed by atoms with Crippen LogP contribution in [0.4, 0.5) is 20.2 Å². The lowest BCUT2D eigenvalue weighted by Crippen LogP contribution is -2.36. The van der Waals surface area contributed by atoms with Gasteiger partial charge in [-0.1, -0.05) is 12.1 Å². The minimum Gasteiger partial charge on any atom is -0.388 e. The maximum atomic E-state index is 13.5. The third kappa shape index (κ3) is 7.09. The Morgan fingerprint density at radius 3 is 1.33 bits per heavy atom. The molecule has 4 fully saturated rings. The fourth-order valence-electron chi connectivity index (χ4n) is 8.97. The van der Waals surface area contributed by atoms with Crippen LogP contribution in [0.3, 0.4) is 0 Å². The Bertz CT molecular complexity index is 2070. The maximum Gasteiger partial charge on any atom is 0.125 e. The van der Waals surface area contributed by atoms with Gasteiger partial charge in [-0.15, -0.1) is 0 Å². The van der Waals surface area contributed by atoms with Gasteiger partial charge in [-0.05, 0) is 135 Å². The van der Waals surface area contributed by atoms with Crippen molar-refractivity contribution >= 4 is 22.4 Å². The van der Waals surface area contributed by atoms with E-state index in [4.69, 9.17) is 0 Å². The van der Waals surface area contributed by atoms with Crippen LogP contribution < -0.4 is 9.80 Å². The highest BCUT2D eigenvalue weighted by molar-refractivity contribution is 5.60. The lowest BCUT2D eigenvalue weighted by atomic mass is 9.84. The number of piperidine rings is 2. The summed E-state index contributed by atoms with van der Waals surface area (Å²) in [6.07, 6.45) is 18.9. The quantitative estimate of drug-likeness (QED) is 0.163. The second-order valence-electron chi connectivity index (χ2n) is 15.8. The molecular weight excluding hydrogens is 683 g/mol. The number of halogens is 2. The molecule has 0 unspecified atom stereocenters. The highest BCUT2D eigenvalue weighted by Crippen LogP contribution is 2.47. The SMILES string of the molecule is O[C@@H](c1c(C2CC2)ccn2cncc12)C1CCN(c2cccc(F)c2)CC1.O[C@H](c1c(C2CC2)ccn2cncc12)C1CCN(c2cccc(F)c2)CC1. The van der Waals surface area contributed by atoms with Crippen molar-refractivity contribution in [2.24, 2.45) is 11.8 Å². The van der Waals surface area contributed by atoms with Gasteiger partial charge >= 0.3 is 0 Å². The second-order valence-corrected chi connectivity index (χ2v) is 15.8. The molecule has 2 aromatic carbocycles. The Hall–Kier alpha value is -4.80. The van der Waals surface area contributed by atoms with E-state index in [2.05, 4.69) is 44.3 Å². The van der Waals surface area contributed by atoms with Crippen LogP contribution in [0, 0.1) is 23.5 Å². The zero-order valence-corrected chi connectivity index (χ0v) is 30.5. The number of nitrogens with zero attached hydrogens (tertiary/aromatic N) is 6. The Morgan fingerprint density at radius 2 is 0.963 bits per heavy atom. The molecule has 10 heteroatoms. The summed E-state index contributed by atoms with van der Waals surface area (Å²) in [5.41, 5.74) is 8.65. The number of hydrogen-bond acceptors (Lipinski definition) is 6. The van der Waals surface area contributed by atoms with Crippen molar-refractivity contribution in [3.8, 4) is 0 Å². The molecule has 0 spiro atoms. The van der Waals surface area contributed by atoms with Gasteiger partial charge in [-0.2, -0.15) is 0 Å². The third-order valence-corrected chi connectivity index (χ3v) is 12.3. The van der Waals surface area contributed by atoms with Crippen LogP contribution in [0.2, 0.25) is 0 Å². The number of benzene rings is 2. The van der Waals surface area contributed by atoms with Crippen LogP contribution in [0.15, 0.2) is 98.1 Å². The van der Waals surface area contributed by atoms with Gasteiger partial charge in [0.25, 0.3) is 0 Å². The summed E-state index contributed by atoms with van der Waals surface area (Å²) >= 11 is 0. The van der Waals surface area contributed by atoms with Gasteiger partial charge < -0.3 is 28.8 Å². The molecule has 10 rings (SSSR count). The number of anilines is 2. The molecule has 6 heterocycles. The van der Waals surface area contributed by atoms with E-state index in [0.29, 0.717) is 11.8 Å². The van der Waals surface area contributed by atoms with Crippen molar-refractivity contribution in [2.75, 3.05) is 36.0 Å². The normalized spacial score (nSPS) is 19.6. The fraction of sp³-hybridized carbons (Fsp3) is 0.409. The molecule has 8 nitrogen and oxygen atoms in total. The number of imidazole rings is 2. The molecule has 2 saturated heterocycles. The monoisotopic (exact) mass is 730 g/mol. The van der Waals surface area contributed by atoms with E-state index in [1.807, 2.05) is 33.3 Å². The van der Waals surface area contributed by atoms with E-state index in [1.165, 1.54) is 48.9 Å². The predicted octanol–water partition coefficient (Wildman–Crippen LogP) is 8.60. The van der Waals surface area contributed by atoms with Crippen LogP contribution in [-0.4, -0.2) is 55.2 Å². The number of hydrogen-bond donors (Lipinski definition) is 2. The minimum atomic E-state index is -0.476. The summed E-state index contributed by atoms with van der Waals surface area (Å²) in [5, 5.41) is 22.6. The van der Waals surface area contributed by atoms with Crippen molar-refractivity contribution in [3.63, 3.8) is 0 Å². The average Bonchev–Trinajstić information content (AvgIpc) is 4.14. The third-order valence-electron chi connectivity index (χ3n) is 12.3. The van der Waals surface area contributed by atoms with Crippen LogP contribution in [-0.2, 0) is 0 Å². The van der Waals surface area contributed by atoms with Crippen molar-refractivity contribution < 1.29 is 19.0 Å². The first-order chi connectivity index (χ1) is 26.4. The van der Waals surface area contributed by atoms with Gasteiger partial charge in [-0.3, -0.25) is 0 Å². The largest absolute Gasteiger partial charge is 0.388 e. The van der Waals surface area contributed by atoms with Gasteiger partial charge in [0.1, 0.15) is 11.6 Å². The first-order valence-corrected chi connectivity index (χ1v) is 19.7. The standard InChI is InChI=1S/2C22H24FN3O/c2*23-17-2-1-3-18(12-17)25-9-6-16(7-10-25)22(27)21-19(15-4-5-15)8-11-26-14-24-13-20(21)26/h2*1-3,8,11-16,22,27H,4-7,9-10H2/t2*22-/m10/s1. The number of pyridine rings is 2. The Balaban J connectivity index is 0.000000142. The summed E-state index contributed by atoms with van der Waals surface area (Å²) in [6, 6.07) is 17.9. The first kappa shape index (κ1) is 34.9. The minimum absolute atomic E-state index is 0.198. The number of aromatic nitrogens is 4. The van der Waals surface area contributed by atoms with E-state index in [0.717, 1.165) is 85.4 Å². The van der Waals surface area contributed by atoms with Crippen LogP contribution in [0.1, 0.15) is 97.7 Å². The number of fused-ring (bicyclic) bond motifs is 2. The van der Waals surface area contributed by atoms with Gasteiger partial charge in [0.15, 0.2) is 0 Å². The van der Waals surface area contributed by atoms with Gasteiger partial charge in [-0.25, -0.2) is 18.7 Å². The van der Waals surface area contributed by atoms with Crippen LogP contribution >= 0.6 is 0 Å². The predicted molar refractivity (Wildman–Crippen MR) is 207 cm³/mol. The lowest BCUT2D eigenvalue weighted by molar-refractivity contribution is 0.0929. The van der Waals surface area contributed by atoms with E-state index in [-0.39, 0.29) is 23.5 Å². The maximum absolute atomic E-state index is 13.5. The Kier molecular flexibility index (Phi) is 9.57. The van der Waals surface area contributed by atoms with E-state index >= 15 is 0 Å². The Labute approximate surface area is 314 Å². The van der Waals surface area contributed by atoms with Crippen molar-refractivity contribution in [1.29, 1.82) is 0 Å². The molecule has 54 heavy (non-hydrogen) atoms. The molecule has 2 N–H and O–H groups in total. The van der Waals surface area contributed by atoms with Gasteiger partial charge in [0.05, 0.1) is 48.3 Å². The fourth-order valence-corrected chi connectivity index (χ4v) is 8.97. The van der Waals surface area contributed by atoms with E-state index in [9.17, 15) is 19.0 Å². The summed E-state index contributed by atoms with van der Waals surface area (Å²) in [4.78, 5) is 13.0. The molecule has 2 aliphatic heterocycles. The van der Waals surface area contributed by atoms with Crippen molar-refractivity contribution in [2.45, 2.75) is 75.4 Å². The summed E-state index contributed by atoms with van der Waals surface area (Å²) in [6.45, 7) is 3.36. The highest BCUT2D eigenvalue weighted by Gasteiger charge is 2.35. The number of rotatable bonds is 8. The summed E-state index contributed by atoms with van der Waals surface area (Å²) in [5.74, 6) is 1.21. The molecule has 0 radical (unpaired) electrons. The molecule has 0 bridgehead atoms. The van der Waals surface area contributed by atoms with Crippen molar-refractivity contribution in [3.05, 3.63) is 132 Å². The van der Waals surface area contributed by atoms with E-state index < -0.39 is 12.2 Å².